The molecular formula is C18H18N4O3. The Hall–Kier alpha value is -3.09. The van der Waals surface area contributed by atoms with Gasteiger partial charge in [-0.15, -0.1) is 0 Å². The molecule has 3 heterocycles. The molecule has 128 valence electrons. The van der Waals surface area contributed by atoms with Crippen LogP contribution in [0.15, 0.2) is 47.2 Å². The molecule has 1 amide bonds. The van der Waals surface area contributed by atoms with Gasteiger partial charge in [0.2, 0.25) is 0 Å². The number of ether oxygens (including phenoxy) is 1. The molecule has 0 spiro atoms. The maximum absolute atomic E-state index is 12.5. The monoisotopic (exact) mass is 338 g/mol. The molecule has 0 saturated carbocycles. The lowest BCUT2D eigenvalue weighted by Crippen LogP contribution is -2.41. The van der Waals surface area contributed by atoms with Crippen LogP contribution in [-0.2, 0) is 13.0 Å². The van der Waals surface area contributed by atoms with Crippen molar-refractivity contribution in [2.45, 2.75) is 25.4 Å². The van der Waals surface area contributed by atoms with Crippen LogP contribution in [0.4, 0.5) is 0 Å². The Kier molecular flexibility index (Phi) is 3.97. The number of nitrogens with zero attached hydrogens (tertiary/aromatic N) is 3. The molecule has 7 nitrogen and oxygen atoms in total. The molecule has 2 aromatic heterocycles. The van der Waals surface area contributed by atoms with Crippen LogP contribution in [-0.4, -0.2) is 33.8 Å². The molecular weight excluding hydrogens is 320 g/mol. The summed E-state index contributed by atoms with van der Waals surface area (Å²) in [7, 11) is 1.59. The molecule has 1 N–H and O–H groups in total. The summed E-state index contributed by atoms with van der Waals surface area (Å²) in [5, 5.41) is 6.92. The summed E-state index contributed by atoms with van der Waals surface area (Å²) in [5.41, 5.74) is 1.02. The minimum atomic E-state index is -0.238. The highest BCUT2D eigenvalue weighted by Gasteiger charge is 2.23. The number of imidazole rings is 1. The summed E-state index contributed by atoms with van der Waals surface area (Å²) in [6.45, 7) is 0.721. The number of hydrogen-bond acceptors (Lipinski definition) is 5. The highest BCUT2D eigenvalue weighted by atomic mass is 16.5. The van der Waals surface area contributed by atoms with E-state index in [0.29, 0.717) is 11.5 Å². The van der Waals surface area contributed by atoms with Gasteiger partial charge in [0.05, 0.1) is 12.7 Å². The second-order valence-corrected chi connectivity index (χ2v) is 5.98. The zero-order valence-corrected chi connectivity index (χ0v) is 13.8. The highest BCUT2D eigenvalue weighted by molar-refractivity contribution is 5.93. The molecule has 1 aromatic carbocycles. The normalized spacial score (nSPS) is 16.3. The third-order valence-corrected chi connectivity index (χ3v) is 4.39. The van der Waals surface area contributed by atoms with Gasteiger partial charge < -0.3 is 19.1 Å². The van der Waals surface area contributed by atoms with E-state index in [1.54, 1.807) is 19.4 Å². The Morgan fingerprint density at radius 3 is 3.16 bits per heavy atom. The molecule has 0 radical (unpaired) electrons. The zero-order chi connectivity index (χ0) is 17.2. The molecule has 0 bridgehead atoms. The molecule has 4 rings (SSSR count). The van der Waals surface area contributed by atoms with Gasteiger partial charge in [0.15, 0.2) is 11.5 Å². The first kappa shape index (κ1) is 15.4. The van der Waals surface area contributed by atoms with E-state index in [-0.39, 0.29) is 17.6 Å². The van der Waals surface area contributed by atoms with Crippen molar-refractivity contribution in [1.29, 1.82) is 0 Å². The van der Waals surface area contributed by atoms with Crippen LogP contribution in [0.1, 0.15) is 22.7 Å². The van der Waals surface area contributed by atoms with Crippen molar-refractivity contribution in [2.24, 2.45) is 0 Å². The summed E-state index contributed by atoms with van der Waals surface area (Å²) in [4.78, 5) is 16.8. The van der Waals surface area contributed by atoms with Crippen molar-refractivity contribution in [2.75, 3.05) is 7.11 Å². The molecule has 1 aliphatic rings. The number of methoxy groups -OCH3 is 1. The quantitative estimate of drug-likeness (QED) is 0.789. The number of para-hydroxylation sites is 1. The van der Waals surface area contributed by atoms with Gasteiger partial charge in [-0.05, 0) is 18.6 Å². The maximum Gasteiger partial charge on any atom is 0.273 e. The Morgan fingerprint density at radius 2 is 2.28 bits per heavy atom. The van der Waals surface area contributed by atoms with Gasteiger partial charge in [-0.3, -0.25) is 4.79 Å². The van der Waals surface area contributed by atoms with Gasteiger partial charge in [-0.25, -0.2) is 4.98 Å². The Morgan fingerprint density at radius 1 is 1.40 bits per heavy atom. The molecule has 0 saturated heterocycles. The van der Waals surface area contributed by atoms with Crippen LogP contribution in [0.25, 0.3) is 11.3 Å². The molecule has 7 heteroatoms. The first-order chi connectivity index (χ1) is 12.2. The number of amides is 1. The average molecular weight is 338 g/mol. The Bertz CT molecular complexity index is 899. The number of nitrogens with one attached hydrogen (secondary N) is 1. The fourth-order valence-electron chi connectivity index (χ4n) is 3.10. The first-order valence-electron chi connectivity index (χ1n) is 8.15. The van der Waals surface area contributed by atoms with Gasteiger partial charge in [0.25, 0.3) is 5.91 Å². The molecule has 25 heavy (non-hydrogen) atoms. The molecule has 1 atom stereocenters. The van der Waals surface area contributed by atoms with Gasteiger partial charge in [-0.2, -0.15) is 0 Å². The van der Waals surface area contributed by atoms with Crippen LogP contribution < -0.4 is 10.1 Å². The fraction of sp³-hybridized carbons (Fsp3) is 0.278. The van der Waals surface area contributed by atoms with E-state index in [4.69, 9.17) is 9.26 Å². The van der Waals surface area contributed by atoms with Gasteiger partial charge in [0.1, 0.15) is 11.6 Å². The lowest BCUT2D eigenvalue weighted by molar-refractivity contribution is 0.0918. The van der Waals surface area contributed by atoms with Crippen LogP contribution >= 0.6 is 0 Å². The van der Waals surface area contributed by atoms with E-state index < -0.39 is 0 Å². The number of fused-ring (bicyclic) bond motifs is 1. The lowest BCUT2D eigenvalue weighted by atomic mass is 10.1. The predicted molar refractivity (Wildman–Crippen MR) is 90.3 cm³/mol. The maximum atomic E-state index is 12.5. The van der Waals surface area contributed by atoms with Crippen LogP contribution in [0, 0.1) is 0 Å². The van der Waals surface area contributed by atoms with E-state index >= 15 is 0 Å². The van der Waals surface area contributed by atoms with Crippen molar-refractivity contribution in [3.05, 3.63) is 54.2 Å². The van der Waals surface area contributed by atoms with Crippen molar-refractivity contribution in [1.82, 2.24) is 20.0 Å². The van der Waals surface area contributed by atoms with Gasteiger partial charge in [-0.1, -0.05) is 17.3 Å². The standard InChI is InChI=1S/C18H18N4O3/c1-24-15-5-3-2-4-13(15)16-10-14(21-25-16)18(23)20-12-6-7-17-19-8-9-22(17)11-12/h2-5,8-10,12H,6-7,11H2,1H3,(H,20,23)/t12-/m0/s1. The van der Waals surface area contributed by atoms with Crippen molar-refractivity contribution in [3.8, 4) is 17.1 Å². The van der Waals surface area contributed by atoms with Crippen LogP contribution in [0.2, 0.25) is 0 Å². The number of rotatable bonds is 4. The molecule has 0 fully saturated rings. The van der Waals surface area contributed by atoms with E-state index in [1.165, 1.54) is 0 Å². The van der Waals surface area contributed by atoms with Crippen molar-refractivity contribution in [3.63, 3.8) is 0 Å². The third kappa shape index (κ3) is 3.00. The largest absolute Gasteiger partial charge is 0.496 e. The number of carbonyl (C=O) groups is 1. The zero-order valence-electron chi connectivity index (χ0n) is 13.8. The van der Waals surface area contributed by atoms with Crippen LogP contribution in [0.5, 0.6) is 5.75 Å². The topological polar surface area (TPSA) is 82.2 Å². The Labute approximate surface area is 144 Å². The number of aromatic nitrogens is 3. The second kappa shape index (κ2) is 6.43. The first-order valence-corrected chi connectivity index (χ1v) is 8.15. The predicted octanol–water partition coefficient (Wildman–Crippen LogP) is 2.29. The van der Waals surface area contributed by atoms with E-state index in [0.717, 1.165) is 30.8 Å². The minimum Gasteiger partial charge on any atom is -0.496 e. The summed E-state index contributed by atoms with van der Waals surface area (Å²) in [6.07, 6.45) is 5.43. The molecule has 3 aromatic rings. The van der Waals surface area contributed by atoms with Crippen LogP contribution in [0.3, 0.4) is 0 Å². The summed E-state index contributed by atoms with van der Waals surface area (Å²) in [5.74, 6) is 2.00. The van der Waals surface area contributed by atoms with Gasteiger partial charge >= 0.3 is 0 Å². The van der Waals surface area contributed by atoms with Gasteiger partial charge in [0, 0.05) is 37.5 Å². The lowest BCUT2D eigenvalue weighted by Gasteiger charge is -2.24. The molecule has 0 unspecified atom stereocenters. The average Bonchev–Trinajstić information content (AvgIpc) is 3.30. The second-order valence-electron chi connectivity index (χ2n) is 5.98. The van der Waals surface area contributed by atoms with Crippen molar-refractivity contribution < 1.29 is 14.1 Å². The minimum absolute atomic E-state index is 0.0561. The molecule has 0 aliphatic carbocycles. The Balaban J connectivity index is 1.48. The van der Waals surface area contributed by atoms with E-state index in [2.05, 4.69) is 20.0 Å². The number of aryl methyl sites for hydroxylation is 1. The van der Waals surface area contributed by atoms with E-state index in [9.17, 15) is 4.79 Å². The third-order valence-electron chi connectivity index (χ3n) is 4.39. The number of benzene rings is 1. The number of hydrogen-bond donors (Lipinski definition) is 1. The summed E-state index contributed by atoms with van der Waals surface area (Å²) in [6, 6.07) is 9.15. The number of carbonyl (C=O) groups excluding carboxylic acids is 1. The molecule has 1 aliphatic heterocycles. The smallest absolute Gasteiger partial charge is 0.273 e. The van der Waals surface area contributed by atoms with Crippen molar-refractivity contribution >= 4 is 5.91 Å². The van der Waals surface area contributed by atoms with E-state index in [1.807, 2.05) is 30.5 Å². The summed E-state index contributed by atoms with van der Waals surface area (Å²) >= 11 is 0. The SMILES string of the molecule is COc1ccccc1-c1cc(C(=O)N[C@H]2CCc3nccn3C2)no1. The highest BCUT2D eigenvalue weighted by Crippen LogP contribution is 2.29. The summed E-state index contributed by atoms with van der Waals surface area (Å²) < 4.78 is 12.7. The fourth-order valence-corrected chi connectivity index (χ4v) is 3.10.